The smallest absolute Gasteiger partial charge is 0.223 e. The zero-order chi connectivity index (χ0) is 17.1. The van der Waals surface area contributed by atoms with Gasteiger partial charge >= 0.3 is 0 Å². The van der Waals surface area contributed by atoms with Gasteiger partial charge in [0.2, 0.25) is 5.82 Å². The van der Waals surface area contributed by atoms with Crippen LogP contribution in [0.1, 0.15) is 5.56 Å². The van der Waals surface area contributed by atoms with Crippen molar-refractivity contribution >= 4 is 6.34 Å². The number of hydrazone groups is 1. The molecule has 3 aromatic rings. The van der Waals surface area contributed by atoms with Crippen LogP contribution in [0.4, 0.5) is 0 Å². The Hall–Kier alpha value is -3.53. The average Bonchev–Trinajstić information content (AvgIpc) is 3.35. The van der Waals surface area contributed by atoms with Gasteiger partial charge in [0.15, 0.2) is 0 Å². The molecule has 0 radical (unpaired) electrons. The number of aromatic nitrogens is 5. The zero-order valence-corrected chi connectivity index (χ0v) is 13.4. The fraction of sp³-hybridized carbons (Fsp3) is 0.133. The maximum atomic E-state index is 5.49. The number of rotatable bonds is 5. The van der Waals surface area contributed by atoms with Crippen LogP contribution in [-0.2, 0) is 6.54 Å². The molecule has 0 atom stereocenters. The Bertz CT molecular complexity index is 893. The third-order valence-electron chi connectivity index (χ3n) is 3.61. The van der Waals surface area contributed by atoms with E-state index in [-0.39, 0.29) is 0 Å². The van der Waals surface area contributed by atoms with Crippen molar-refractivity contribution in [1.29, 1.82) is 0 Å². The quantitative estimate of drug-likeness (QED) is 0.693. The highest BCUT2D eigenvalue weighted by Crippen LogP contribution is 2.23. The van der Waals surface area contributed by atoms with E-state index in [4.69, 9.17) is 4.74 Å². The summed E-state index contributed by atoms with van der Waals surface area (Å²) in [7, 11) is 1.63. The summed E-state index contributed by atoms with van der Waals surface area (Å²) in [5, 5.41) is 18.2. The Morgan fingerprint density at radius 2 is 2.16 bits per heavy atom. The highest BCUT2D eigenvalue weighted by atomic mass is 16.5. The van der Waals surface area contributed by atoms with Crippen LogP contribution in [0.5, 0.6) is 5.75 Å². The van der Waals surface area contributed by atoms with Gasteiger partial charge in [0.05, 0.1) is 19.3 Å². The van der Waals surface area contributed by atoms with Gasteiger partial charge in [0, 0.05) is 17.8 Å². The lowest BCUT2D eigenvalue weighted by atomic mass is 10.2. The Morgan fingerprint density at radius 1 is 1.20 bits per heavy atom. The summed E-state index contributed by atoms with van der Waals surface area (Å²) in [6, 6.07) is 11.3. The van der Waals surface area contributed by atoms with Gasteiger partial charge in [-0.2, -0.15) is 5.10 Å². The van der Waals surface area contributed by atoms with Gasteiger partial charge in [-0.15, -0.1) is 20.5 Å². The minimum atomic E-state index is 0.465. The van der Waals surface area contributed by atoms with E-state index < -0.39 is 0 Å². The largest absolute Gasteiger partial charge is 0.496 e. The van der Waals surface area contributed by atoms with Gasteiger partial charge in [-0.1, -0.05) is 12.1 Å². The second kappa shape index (κ2) is 6.53. The summed E-state index contributed by atoms with van der Waals surface area (Å²) in [6.07, 6.45) is 3.35. The van der Waals surface area contributed by atoms with E-state index >= 15 is 0 Å². The van der Waals surface area contributed by atoms with E-state index in [9.17, 15) is 0 Å². The predicted molar refractivity (Wildman–Crippen MR) is 89.2 cm³/mol. The molecule has 0 bridgehead atoms. The monoisotopic (exact) mass is 337 g/mol. The lowest BCUT2D eigenvalue weighted by Gasteiger charge is -2.16. The van der Waals surface area contributed by atoms with Crippen molar-refractivity contribution in [2.45, 2.75) is 6.54 Å². The SMILES string of the molecule is COc1cc(-n2nnc(-c3ccccn3)n2)ccc1CN1C=NNN1. The van der Waals surface area contributed by atoms with E-state index in [1.165, 1.54) is 4.80 Å². The molecule has 1 aromatic carbocycles. The molecule has 126 valence electrons. The van der Waals surface area contributed by atoms with E-state index in [0.717, 1.165) is 17.0 Å². The molecular formula is C15H15N9O. The summed E-state index contributed by atoms with van der Waals surface area (Å²) in [4.78, 5) is 5.68. The second-order valence-electron chi connectivity index (χ2n) is 5.21. The third-order valence-corrected chi connectivity index (χ3v) is 3.61. The molecule has 2 aromatic heterocycles. The van der Waals surface area contributed by atoms with Gasteiger partial charge in [-0.25, -0.2) is 5.53 Å². The number of methoxy groups -OCH3 is 1. The highest BCUT2D eigenvalue weighted by Gasteiger charge is 2.13. The maximum Gasteiger partial charge on any atom is 0.223 e. The summed E-state index contributed by atoms with van der Waals surface area (Å²) < 4.78 is 5.49. The molecule has 1 aliphatic heterocycles. The van der Waals surface area contributed by atoms with Crippen molar-refractivity contribution in [3.63, 3.8) is 0 Å². The van der Waals surface area contributed by atoms with Crippen molar-refractivity contribution in [2.24, 2.45) is 5.10 Å². The number of hydrogen-bond donors (Lipinski definition) is 2. The van der Waals surface area contributed by atoms with E-state index in [0.29, 0.717) is 18.1 Å². The number of hydrogen-bond acceptors (Lipinski definition) is 9. The Labute approximate surface area is 143 Å². The van der Waals surface area contributed by atoms with Crippen molar-refractivity contribution in [3.8, 4) is 23.0 Å². The molecule has 4 rings (SSSR count). The number of hydrazine groups is 2. The number of nitrogens with zero attached hydrogens (tertiary/aromatic N) is 7. The van der Waals surface area contributed by atoms with Gasteiger partial charge in [-0.05, 0) is 23.4 Å². The Kier molecular flexibility index (Phi) is 3.92. The van der Waals surface area contributed by atoms with Crippen LogP contribution in [0.15, 0.2) is 47.7 Å². The molecule has 25 heavy (non-hydrogen) atoms. The first-order valence-corrected chi connectivity index (χ1v) is 7.53. The minimum absolute atomic E-state index is 0.465. The van der Waals surface area contributed by atoms with Gasteiger partial charge in [0.25, 0.3) is 0 Å². The molecule has 10 nitrogen and oxygen atoms in total. The topological polar surface area (TPSA) is 105 Å². The molecule has 1 aliphatic rings. The van der Waals surface area contributed by atoms with Gasteiger partial charge < -0.3 is 4.74 Å². The lowest BCUT2D eigenvalue weighted by molar-refractivity contribution is 0.288. The van der Waals surface area contributed by atoms with E-state index in [1.807, 2.05) is 36.4 Å². The molecule has 0 fully saturated rings. The first-order chi connectivity index (χ1) is 12.3. The molecule has 2 N–H and O–H groups in total. The third kappa shape index (κ3) is 3.10. The van der Waals surface area contributed by atoms with Crippen molar-refractivity contribution in [1.82, 2.24) is 41.3 Å². The minimum Gasteiger partial charge on any atom is -0.496 e. The molecule has 0 saturated heterocycles. The van der Waals surface area contributed by atoms with Crippen molar-refractivity contribution < 1.29 is 4.74 Å². The molecule has 10 heteroatoms. The number of nitrogens with one attached hydrogen (secondary N) is 2. The average molecular weight is 337 g/mol. The fourth-order valence-electron chi connectivity index (χ4n) is 2.39. The van der Waals surface area contributed by atoms with Crippen LogP contribution in [0, 0.1) is 0 Å². The van der Waals surface area contributed by atoms with Crippen LogP contribution in [0.3, 0.4) is 0 Å². The summed E-state index contributed by atoms with van der Waals surface area (Å²) in [6.45, 7) is 0.587. The molecule has 0 amide bonds. The molecule has 0 spiro atoms. The molecule has 0 unspecified atom stereocenters. The highest BCUT2D eigenvalue weighted by molar-refractivity contribution is 5.56. The van der Waals surface area contributed by atoms with Crippen LogP contribution in [0.25, 0.3) is 17.2 Å². The van der Waals surface area contributed by atoms with Gasteiger partial charge in [0.1, 0.15) is 17.8 Å². The summed E-state index contributed by atoms with van der Waals surface area (Å²) >= 11 is 0. The summed E-state index contributed by atoms with van der Waals surface area (Å²) in [5.41, 5.74) is 7.94. The fourth-order valence-corrected chi connectivity index (χ4v) is 2.39. The first kappa shape index (κ1) is 15.0. The number of benzene rings is 1. The van der Waals surface area contributed by atoms with Crippen LogP contribution >= 0.6 is 0 Å². The number of ether oxygens (including phenoxy) is 1. The zero-order valence-electron chi connectivity index (χ0n) is 13.4. The standard InChI is InChI=1S/C15H15N9O/c1-25-14-8-12(6-5-11(14)9-23-10-17-20-22-23)24-19-15(18-21-24)13-4-2-3-7-16-13/h2-8,10,20,22H,9H2,1H3. The van der Waals surface area contributed by atoms with Crippen LogP contribution < -0.4 is 15.8 Å². The van der Waals surface area contributed by atoms with Crippen LogP contribution in [0.2, 0.25) is 0 Å². The maximum absolute atomic E-state index is 5.49. The molecule has 0 aliphatic carbocycles. The lowest BCUT2D eigenvalue weighted by Crippen LogP contribution is -2.36. The van der Waals surface area contributed by atoms with E-state index in [1.54, 1.807) is 24.7 Å². The predicted octanol–water partition coefficient (Wildman–Crippen LogP) is 0.501. The van der Waals surface area contributed by atoms with Crippen LogP contribution in [-0.4, -0.2) is 43.6 Å². The molecular weight excluding hydrogens is 322 g/mol. The van der Waals surface area contributed by atoms with Gasteiger partial charge in [-0.3, -0.25) is 9.99 Å². The van der Waals surface area contributed by atoms with Crippen molar-refractivity contribution in [2.75, 3.05) is 7.11 Å². The first-order valence-electron chi connectivity index (χ1n) is 7.53. The normalized spacial score (nSPS) is 13.1. The Morgan fingerprint density at radius 3 is 2.92 bits per heavy atom. The Balaban J connectivity index is 1.60. The molecule has 0 saturated carbocycles. The van der Waals surface area contributed by atoms with Crippen molar-refractivity contribution in [3.05, 3.63) is 48.2 Å². The van der Waals surface area contributed by atoms with E-state index in [2.05, 4.69) is 36.6 Å². The summed E-state index contributed by atoms with van der Waals surface area (Å²) in [5.74, 6) is 1.18. The second-order valence-corrected chi connectivity index (χ2v) is 5.21. The number of tetrazole rings is 1. The number of pyridine rings is 1. The molecule has 3 heterocycles.